The van der Waals surface area contributed by atoms with E-state index in [2.05, 4.69) is 6.07 Å². The molecule has 190 valence electrons. The number of amides is 1. The Labute approximate surface area is 221 Å². The number of hydrogen-bond donors (Lipinski definition) is 0. The Morgan fingerprint density at radius 2 is 1.76 bits per heavy atom. The lowest BCUT2D eigenvalue weighted by molar-refractivity contribution is -0.127. The van der Waals surface area contributed by atoms with Gasteiger partial charge in [0, 0.05) is 36.0 Å². The van der Waals surface area contributed by atoms with E-state index < -0.39 is 0 Å². The fourth-order valence-corrected chi connectivity index (χ4v) is 4.50. The van der Waals surface area contributed by atoms with Crippen LogP contribution in [0.3, 0.4) is 0 Å². The molecule has 5 rings (SSSR count). The van der Waals surface area contributed by atoms with E-state index in [0.29, 0.717) is 35.7 Å². The number of aromatic nitrogens is 2. The van der Waals surface area contributed by atoms with Crippen molar-refractivity contribution in [3.63, 3.8) is 0 Å². The van der Waals surface area contributed by atoms with Gasteiger partial charge in [0.1, 0.15) is 35.5 Å². The van der Waals surface area contributed by atoms with Crippen LogP contribution in [0, 0.1) is 17.1 Å². The zero-order valence-corrected chi connectivity index (χ0v) is 20.9. The molecule has 38 heavy (non-hydrogen) atoms. The predicted molar refractivity (Wildman–Crippen MR) is 144 cm³/mol. The SMILES string of the molecule is N#C/C(=C/c1cn(-c2ccccc2)nc1-c1cccc(OCc2ccccc2F)c1)C(=O)N1CCCCC1. The van der Waals surface area contributed by atoms with E-state index in [1.807, 2.05) is 54.7 Å². The molecule has 1 aromatic heterocycles. The smallest absolute Gasteiger partial charge is 0.264 e. The summed E-state index contributed by atoms with van der Waals surface area (Å²) < 4.78 is 21.7. The minimum atomic E-state index is -0.319. The molecule has 7 heteroatoms. The standard InChI is InChI=1S/C31H27FN4O2/c32-29-15-6-5-10-24(29)22-38-28-14-9-11-23(19-28)30-26(21-36(34-30)27-12-3-1-4-13-27)18-25(20-33)31(37)35-16-7-2-8-17-35/h1,3-6,9-15,18-19,21H,2,7-8,16-17,22H2/b25-18-. The van der Waals surface area contributed by atoms with Crippen LogP contribution in [0.4, 0.5) is 4.39 Å². The van der Waals surface area contributed by atoms with Gasteiger partial charge in [0.25, 0.3) is 5.91 Å². The molecule has 0 spiro atoms. The van der Waals surface area contributed by atoms with Crippen LogP contribution in [0.25, 0.3) is 23.0 Å². The number of nitriles is 1. The number of ether oxygens (including phenoxy) is 1. The molecule has 0 atom stereocenters. The van der Waals surface area contributed by atoms with Gasteiger partial charge >= 0.3 is 0 Å². The molecule has 0 aliphatic carbocycles. The van der Waals surface area contributed by atoms with E-state index in [0.717, 1.165) is 30.5 Å². The Hall–Kier alpha value is -4.70. The second-order valence-corrected chi connectivity index (χ2v) is 9.14. The Bertz CT molecular complexity index is 1500. The lowest BCUT2D eigenvalue weighted by Gasteiger charge is -2.26. The van der Waals surface area contributed by atoms with Gasteiger partial charge in [-0.2, -0.15) is 10.4 Å². The molecule has 0 radical (unpaired) electrons. The quantitative estimate of drug-likeness (QED) is 0.222. The van der Waals surface area contributed by atoms with Crippen molar-refractivity contribution in [2.24, 2.45) is 0 Å². The van der Waals surface area contributed by atoms with Gasteiger partial charge < -0.3 is 9.64 Å². The van der Waals surface area contributed by atoms with Gasteiger partial charge in [-0.15, -0.1) is 0 Å². The van der Waals surface area contributed by atoms with Crippen molar-refractivity contribution in [3.05, 3.63) is 108 Å². The summed E-state index contributed by atoms with van der Waals surface area (Å²) >= 11 is 0. The van der Waals surface area contributed by atoms with Crippen molar-refractivity contribution >= 4 is 12.0 Å². The van der Waals surface area contributed by atoms with Crippen molar-refractivity contribution in [3.8, 4) is 28.8 Å². The number of carbonyl (C=O) groups is 1. The number of rotatable bonds is 7. The monoisotopic (exact) mass is 506 g/mol. The number of para-hydroxylation sites is 1. The van der Waals surface area contributed by atoms with Crippen molar-refractivity contribution in [1.29, 1.82) is 5.26 Å². The Kier molecular flexibility index (Phi) is 7.60. The first-order valence-electron chi connectivity index (χ1n) is 12.6. The van der Waals surface area contributed by atoms with E-state index in [1.165, 1.54) is 6.07 Å². The molecular formula is C31H27FN4O2. The van der Waals surface area contributed by atoms with Crippen LogP contribution in [0.1, 0.15) is 30.4 Å². The van der Waals surface area contributed by atoms with E-state index in [4.69, 9.17) is 9.84 Å². The van der Waals surface area contributed by atoms with E-state index in [-0.39, 0.29) is 23.9 Å². The summed E-state index contributed by atoms with van der Waals surface area (Å²) in [6.45, 7) is 1.41. The Balaban J connectivity index is 1.50. The Morgan fingerprint density at radius 3 is 2.53 bits per heavy atom. The molecule has 1 aliphatic heterocycles. The molecule has 6 nitrogen and oxygen atoms in total. The molecule has 1 aliphatic rings. The number of carbonyl (C=O) groups excluding carboxylic acids is 1. The van der Waals surface area contributed by atoms with E-state index in [1.54, 1.807) is 39.9 Å². The summed E-state index contributed by atoms with van der Waals surface area (Å²) in [7, 11) is 0. The number of benzene rings is 3. The van der Waals surface area contributed by atoms with Gasteiger partial charge in [-0.25, -0.2) is 9.07 Å². The molecule has 2 heterocycles. The van der Waals surface area contributed by atoms with Gasteiger partial charge in [-0.05, 0) is 55.7 Å². The summed E-state index contributed by atoms with van der Waals surface area (Å²) in [4.78, 5) is 14.9. The van der Waals surface area contributed by atoms with Crippen LogP contribution < -0.4 is 4.74 Å². The lowest BCUT2D eigenvalue weighted by atomic mass is 10.0. The fraction of sp³-hybridized carbons (Fsp3) is 0.194. The summed E-state index contributed by atoms with van der Waals surface area (Å²) in [6.07, 6.45) is 6.42. The highest BCUT2D eigenvalue weighted by Crippen LogP contribution is 2.29. The Morgan fingerprint density at radius 1 is 1.00 bits per heavy atom. The van der Waals surface area contributed by atoms with Crippen molar-refractivity contribution in [2.75, 3.05) is 13.1 Å². The molecule has 0 unspecified atom stereocenters. The molecular weight excluding hydrogens is 479 g/mol. The van der Waals surface area contributed by atoms with Crippen LogP contribution in [-0.2, 0) is 11.4 Å². The van der Waals surface area contributed by atoms with E-state index >= 15 is 0 Å². The van der Waals surface area contributed by atoms with Crippen LogP contribution in [0.5, 0.6) is 5.75 Å². The second-order valence-electron chi connectivity index (χ2n) is 9.14. The third kappa shape index (κ3) is 5.65. The minimum Gasteiger partial charge on any atom is -0.489 e. The normalized spacial score (nSPS) is 13.7. The average molecular weight is 507 g/mol. The van der Waals surface area contributed by atoms with Gasteiger partial charge in [-0.3, -0.25) is 4.79 Å². The number of nitrogens with zero attached hydrogens (tertiary/aromatic N) is 4. The summed E-state index contributed by atoms with van der Waals surface area (Å²) in [5.74, 6) is -0.0208. The molecule has 3 aromatic carbocycles. The van der Waals surface area contributed by atoms with Gasteiger partial charge in [0.15, 0.2) is 0 Å². The number of hydrogen-bond acceptors (Lipinski definition) is 4. The van der Waals surface area contributed by atoms with Crippen LogP contribution in [0.15, 0.2) is 90.6 Å². The van der Waals surface area contributed by atoms with Gasteiger partial charge in [0.2, 0.25) is 0 Å². The maximum absolute atomic E-state index is 14.1. The first kappa shape index (κ1) is 25.0. The summed E-state index contributed by atoms with van der Waals surface area (Å²) in [5, 5.41) is 14.7. The molecule has 0 bridgehead atoms. The highest BCUT2D eigenvalue weighted by atomic mass is 19.1. The topological polar surface area (TPSA) is 71.1 Å². The summed E-state index contributed by atoms with van der Waals surface area (Å²) in [5.41, 5.74) is 3.38. The lowest BCUT2D eigenvalue weighted by Crippen LogP contribution is -2.36. The third-order valence-corrected chi connectivity index (χ3v) is 6.52. The number of halogens is 1. The third-order valence-electron chi connectivity index (χ3n) is 6.52. The van der Waals surface area contributed by atoms with Crippen molar-refractivity contribution in [1.82, 2.24) is 14.7 Å². The summed E-state index contributed by atoms with van der Waals surface area (Å²) in [6, 6.07) is 25.6. The number of piperidine rings is 1. The van der Waals surface area contributed by atoms with Crippen molar-refractivity contribution in [2.45, 2.75) is 25.9 Å². The zero-order chi connectivity index (χ0) is 26.3. The highest BCUT2D eigenvalue weighted by molar-refractivity contribution is 6.02. The minimum absolute atomic E-state index is 0.0766. The predicted octanol–water partition coefficient (Wildman–Crippen LogP) is 6.18. The molecule has 1 fully saturated rings. The molecule has 1 saturated heterocycles. The average Bonchev–Trinajstić information content (AvgIpc) is 3.40. The van der Waals surface area contributed by atoms with Gasteiger partial charge in [0.05, 0.1) is 5.69 Å². The second kappa shape index (κ2) is 11.6. The van der Waals surface area contributed by atoms with Crippen molar-refractivity contribution < 1.29 is 13.9 Å². The fourth-order valence-electron chi connectivity index (χ4n) is 4.50. The molecule has 0 saturated carbocycles. The molecule has 4 aromatic rings. The van der Waals surface area contributed by atoms with Crippen LogP contribution >= 0.6 is 0 Å². The molecule has 0 N–H and O–H groups in total. The van der Waals surface area contributed by atoms with Crippen LogP contribution in [0.2, 0.25) is 0 Å². The first-order valence-corrected chi connectivity index (χ1v) is 12.6. The van der Waals surface area contributed by atoms with Gasteiger partial charge in [-0.1, -0.05) is 48.5 Å². The van der Waals surface area contributed by atoms with Crippen LogP contribution in [-0.4, -0.2) is 33.7 Å². The maximum atomic E-state index is 14.1. The van der Waals surface area contributed by atoms with E-state index in [9.17, 15) is 14.4 Å². The zero-order valence-electron chi connectivity index (χ0n) is 20.9. The maximum Gasteiger partial charge on any atom is 0.264 e. The molecule has 1 amide bonds. The highest BCUT2D eigenvalue weighted by Gasteiger charge is 2.22. The number of likely N-dealkylation sites (tertiary alicyclic amines) is 1. The largest absolute Gasteiger partial charge is 0.489 e. The first-order chi connectivity index (χ1) is 18.6.